The number of ether oxygens (including phenoxy) is 3. The largest absolute Gasteiger partial charge is 0.493 e. The number of hydrogen-bond donors (Lipinski definition) is 2. The Morgan fingerprint density at radius 2 is 2.10 bits per heavy atom. The quantitative estimate of drug-likeness (QED) is 0.374. The fourth-order valence-corrected chi connectivity index (χ4v) is 3.72. The molecular weight excluding hydrogens is 382 g/mol. The highest BCUT2D eigenvalue weighted by molar-refractivity contribution is 5.80. The van der Waals surface area contributed by atoms with Crippen LogP contribution in [0.1, 0.15) is 36.6 Å². The molecule has 3 heterocycles. The van der Waals surface area contributed by atoms with E-state index in [9.17, 15) is 0 Å². The molecule has 7 nitrogen and oxygen atoms in total. The van der Waals surface area contributed by atoms with Gasteiger partial charge >= 0.3 is 0 Å². The van der Waals surface area contributed by atoms with Gasteiger partial charge in [-0.1, -0.05) is 18.2 Å². The summed E-state index contributed by atoms with van der Waals surface area (Å²) >= 11 is 0. The van der Waals surface area contributed by atoms with Crippen molar-refractivity contribution in [2.75, 3.05) is 39.5 Å². The molecule has 2 aliphatic heterocycles. The zero-order chi connectivity index (χ0) is 20.4. The summed E-state index contributed by atoms with van der Waals surface area (Å²) in [5.74, 6) is 2.72. The van der Waals surface area contributed by atoms with Gasteiger partial charge in [-0.15, -0.1) is 0 Å². The second kappa shape index (κ2) is 11.0. The standard InChI is InChI=1S/C23H31N3O4/c1-2-7-22-20(6-1)21(10-16-30-22)26-23(25-12-8-18-5-3-13-28-18)24-11-4-14-29-19-9-15-27-17-19/h1-3,5-7,13,19,21H,4,8-12,14-17H2,(H2,24,25,26). The first kappa shape index (κ1) is 20.8. The Bertz CT molecular complexity index is 788. The van der Waals surface area contributed by atoms with E-state index in [0.29, 0.717) is 26.4 Å². The summed E-state index contributed by atoms with van der Waals surface area (Å²) < 4.78 is 22.4. The van der Waals surface area contributed by atoms with Gasteiger partial charge in [0.1, 0.15) is 11.5 Å². The Hall–Kier alpha value is -2.51. The SMILES string of the molecule is c1coc(CCNC(=NCCCOC2CCOC2)NC2CCOc3ccccc32)c1. The molecule has 0 saturated carbocycles. The minimum absolute atomic E-state index is 0.178. The second-order valence-electron chi connectivity index (χ2n) is 7.57. The van der Waals surface area contributed by atoms with Gasteiger partial charge in [0.25, 0.3) is 0 Å². The number of guanidine groups is 1. The number of fused-ring (bicyclic) bond motifs is 1. The number of nitrogens with one attached hydrogen (secondary N) is 2. The van der Waals surface area contributed by atoms with Crippen LogP contribution in [0.2, 0.25) is 0 Å². The fourth-order valence-electron chi connectivity index (χ4n) is 3.72. The molecule has 1 aromatic heterocycles. The molecule has 2 N–H and O–H groups in total. The Morgan fingerprint density at radius 3 is 2.97 bits per heavy atom. The molecule has 1 aromatic carbocycles. The summed E-state index contributed by atoms with van der Waals surface area (Å²) in [6.07, 6.45) is 5.54. The van der Waals surface area contributed by atoms with Crippen molar-refractivity contribution in [1.82, 2.24) is 10.6 Å². The smallest absolute Gasteiger partial charge is 0.191 e. The molecule has 162 valence electrons. The number of benzene rings is 1. The van der Waals surface area contributed by atoms with Crippen molar-refractivity contribution in [1.29, 1.82) is 0 Å². The van der Waals surface area contributed by atoms with Gasteiger partial charge in [-0.05, 0) is 31.0 Å². The number of furan rings is 1. The monoisotopic (exact) mass is 413 g/mol. The zero-order valence-corrected chi connectivity index (χ0v) is 17.3. The first-order valence-corrected chi connectivity index (χ1v) is 10.9. The van der Waals surface area contributed by atoms with E-state index < -0.39 is 0 Å². The summed E-state index contributed by atoms with van der Waals surface area (Å²) in [6.45, 7) is 4.38. The van der Waals surface area contributed by atoms with Crippen LogP contribution in [-0.4, -0.2) is 51.6 Å². The van der Waals surface area contributed by atoms with Crippen molar-refractivity contribution < 1.29 is 18.6 Å². The average molecular weight is 414 g/mol. The molecule has 30 heavy (non-hydrogen) atoms. The zero-order valence-electron chi connectivity index (χ0n) is 17.3. The third-order valence-electron chi connectivity index (χ3n) is 5.33. The van der Waals surface area contributed by atoms with E-state index in [0.717, 1.165) is 56.3 Å². The Morgan fingerprint density at radius 1 is 1.13 bits per heavy atom. The van der Waals surface area contributed by atoms with Crippen molar-refractivity contribution in [3.63, 3.8) is 0 Å². The van der Waals surface area contributed by atoms with Gasteiger partial charge in [0, 0.05) is 44.7 Å². The molecule has 1 saturated heterocycles. The summed E-state index contributed by atoms with van der Waals surface area (Å²) in [4.78, 5) is 4.79. The lowest BCUT2D eigenvalue weighted by Gasteiger charge is -2.28. The number of hydrogen-bond acceptors (Lipinski definition) is 5. The maximum Gasteiger partial charge on any atom is 0.191 e. The van der Waals surface area contributed by atoms with E-state index in [2.05, 4.69) is 16.7 Å². The van der Waals surface area contributed by atoms with Gasteiger partial charge in [0.05, 0.1) is 31.6 Å². The second-order valence-corrected chi connectivity index (χ2v) is 7.57. The van der Waals surface area contributed by atoms with Gasteiger partial charge in [-0.3, -0.25) is 4.99 Å². The van der Waals surface area contributed by atoms with E-state index in [1.165, 1.54) is 5.56 Å². The lowest BCUT2D eigenvalue weighted by Crippen LogP contribution is -2.42. The molecule has 0 bridgehead atoms. The molecule has 2 atom stereocenters. The van der Waals surface area contributed by atoms with Crippen molar-refractivity contribution in [3.05, 3.63) is 54.0 Å². The lowest BCUT2D eigenvalue weighted by molar-refractivity contribution is 0.0424. The fraction of sp³-hybridized carbons (Fsp3) is 0.522. The van der Waals surface area contributed by atoms with Crippen molar-refractivity contribution in [3.8, 4) is 5.75 Å². The van der Waals surface area contributed by atoms with Crippen molar-refractivity contribution in [2.45, 2.75) is 37.8 Å². The number of aliphatic imine (C=N–C) groups is 1. The van der Waals surface area contributed by atoms with E-state index >= 15 is 0 Å². The first-order chi connectivity index (χ1) is 14.9. The molecule has 0 radical (unpaired) electrons. The molecular formula is C23H31N3O4. The van der Waals surface area contributed by atoms with Gasteiger partial charge in [0.15, 0.2) is 5.96 Å². The minimum Gasteiger partial charge on any atom is -0.493 e. The van der Waals surface area contributed by atoms with Crippen LogP contribution >= 0.6 is 0 Å². The lowest BCUT2D eigenvalue weighted by atomic mass is 10.0. The summed E-state index contributed by atoms with van der Waals surface area (Å²) in [5.41, 5.74) is 1.17. The van der Waals surface area contributed by atoms with Crippen molar-refractivity contribution >= 4 is 5.96 Å². The van der Waals surface area contributed by atoms with Crippen LogP contribution < -0.4 is 15.4 Å². The highest BCUT2D eigenvalue weighted by Crippen LogP contribution is 2.31. The molecule has 2 aliphatic rings. The van der Waals surface area contributed by atoms with E-state index in [1.807, 2.05) is 30.3 Å². The summed E-state index contributed by atoms with van der Waals surface area (Å²) in [6, 6.07) is 12.3. The maximum absolute atomic E-state index is 5.85. The Balaban J connectivity index is 1.31. The molecule has 2 unspecified atom stereocenters. The van der Waals surface area contributed by atoms with E-state index in [1.54, 1.807) is 6.26 Å². The van der Waals surface area contributed by atoms with E-state index in [4.69, 9.17) is 23.6 Å². The topological polar surface area (TPSA) is 77.3 Å². The molecule has 0 spiro atoms. The van der Waals surface area contributed by atoms with E-state index in [-0.39, 0.29) is 12.1 Å². The summed E-state index contributed by atoms with van der Waals surface area (Å²) in [5, 5.41) is 7.04. The predicted octanol–water partition coefficient (Wildman–Crippen LogP) is 3.08. The first-order valence-electron chi connectivity index (χ1n) is 10.9. The molecule has 0 amide bonds. The third-order valence-corrected chi connectivity index (χ3v) is 5.33. The van der Waals surface area contributed by atoms with Crippen molar-refractivity contribution in [2.24, 2.45) is 4.99 Å². The van der Waals surface area contributed by atoms with Crippen LogP contribution in [0.4, 0.5) is 0 Å². The van der Waals surface area contributed by atoms with Gasteiger partial charge in [-0.25, -0.2) is 0 Å². The maximum atomic E-state index is 5.85. The number of para-hydroxylation sites is 1. The third kappa shape index (κ3) is 6.00. The van der Waals surface area contributed by atoms with Crippen LogP contribution in [0, 0.1) is 0 Å². The normalized spacial score (nSPS) is 21.1. The van der Waals surface area contributed by atoms with Gasteiger partial charge in [-0.2, -0.15) is 0 Å². The minimum atomic E-state index is 0.178. The number of nitrogens with zero attached hydrogens (tertiary/aromatic N) is 1. The number of rotatable bonds is 9. The molecule has 7 heteroatoms. The molecule has 0 aliphatic carbocycles. The van der Waals surface area contributed by atoms with Crippen LogP contribution in [0.25, 0.3) is 0 Å². The highest BCUT2D eigenvalue weighted by Gasteiger charge is 2.22. The van der Waals surface area contributed by atoms with Gasteiger partial charge in [0.2, 0.25) is 0 Å². The van der Waals surface area contributed by atoms with Crippen LogP contribution in [-0.2, 0) is 15.9 Å². The van der Waals surface area contributed by atoms with Crippen LogP contribution in [0.3, 0.4) is 0 Å². The Kier molecular flexibility index (Phi) is 7.63. The Labute approximate surface area is 177 Å². The van der Waals surface area contributed by atoms with Crippen LogP contribution in [0.15, 0.2) is 52.1 Å². The molecule has 2 aromatic rings. The van der Waals surface area contributed by atoms with Crippen LogP contribution in [0.5, 0.6) is 5.75 Å². The highest BCUT2D eigenvalue weighted by atomic mass is 16.5. The predicted molar refractivity (Wildman–Crippen MR) is 115 cm³/mol. The summed E-state index contributed by atoms with van der Waals surface area (Å²) in [7, 11) is 0. The average Bonchev–Trinajstić information content (AvgIpc) is 3.48. The molecule has 1 fully saturated rings. The molecule has 4 rings (SSSR count). The van der Waals surface area contributed by atoms with Gasteiger partial charge < -0.3 is 29.3 Å².